The molecule has 0 aliphatic carbocycles. The van der Waals surface area contributed by atoms with Gasteiger partial charge in [0.15, 0.2) is 6.20 Å². The molecule has 0 bridgehead atoms. The third-order valence-electron chi connectivity index (χ3n) is 3.09. The Kier molecular flexibility index (Phi) is 3.90. The SMILES string of the molecule is CCC[n+]1ccccc1-c1ccc([N+](=O)[O-])c(C)c1. The Balaban J connectivity index is 2.48. The predicted octanol–water partition coefficient (Wildman–Crippen LogP) is 3.27. The summed E-state index contributed by atoms with van der Waals surface area (Å²) in [5.74, 6) is 0. The molecule has 1 aromatic carbocycles. The van der Waals surface area contributed by atoms with Crippen LogP contribution in [-0.2, 0) is 6.54 Å². The van der Waals surface area contributed by atoms with Gasteiger partial charge in [-0.15, -0.1) is 0 Å². The quantitative estimate of drug-likeness (QED) is 0.479. The van der Waals surface area contributed by atoms with E-state index in [0.29, 0.717) is 5.56 Å². The summed E-state index contributed by atoms with van der Waals surface area (Å²) in [5, 5.41) is 10.8. The fraction of sp³-hybridized carbons (Fsp3) is 0.267. The second-order valence-corrected chi connectivity index (χ2v) is 4.54. The van der Waals surface area contributed by atoms with E-state index in [1.807, 2.05) is 36.5 Å². The molecule has 0 spiro atoms. The van der Waals surface area contributed by atoms with Crippen molar-refractivity contribution in [2.75, 3.05) is 0 Å². The van der Waals surface area contributed by atoms with Crippen LogP contribution >= 0.6 is 0 Å². The van der Waals surface area contributed by atoms with E-state index in [2.05, 4.69) is 11.5 Å². The Morgan fingerprint density at radius 2 is 2.05 bits per heavy atom. The van der Waals surface area contributed by atoms with Gasteiger partial charge in [0.25, 0.3) is 5.69 Å². The van der Waals surface area contributed by atoms with Crippen LogP contribution < -0.4 is 4.57 Å². The molecule has 4 heteroatoms. The summed E-state index contributed by atoms with van der Waals surface area (Å²) < 4.78 is 2.17. The number of nitrogens with zero attached hydrogens (tertiary/aromatic N) is 2. The monoisotopic (exact) mass is 257 g/mol. The Morgan fingerprint density at radius 1 is 1.26 bits per heavy atom. The maximum Gasteiger partial charge on any atom is 0.272 e. The van der Waals surface area contributed by atoms with Crippen molar-refractivity contribution in [3.8, 4) is 11.3 Å². The number of aryl methyl sites for hydroxylation is 2. The van der Waals surface area contributed by atoms with Crippen LogP contribution in [0.25, 0.3) is 11.3 Å². The van der Waals surface area contributed by atoms with Gasteiger partial charge in [-0.05, 0) is 25.1 Å². The van der Waals surface area contributed by atoms with E-state index in [0.717, 1.165) is 24.2 Å². The van der Waals surface area contributed by atoms with Crippen LogP contribution in [-0.4, -0.2) is 4.92 Å². The lowest BCUT2D eigenvalue weighted by Gasteiger charge is -2.04. The highest BCUT2D eigenvalue weighted by molar-refractivity contribution is 5.60. The molecular weight excluding hydrogens is 240 g/mol. The average molecular weight is 257 g/mol. The topological polar surface area (TPSA) is 47.0 Å². The van der Waals surface area contributed by atoms with Gasteiger partial charge in [0.1, 0.15) is 6.54 Å². The first-order valence-corrected chi connectivity index (χ1v) is 6.37. The number of benzene rings is 1. The van der Waals surface area contributed by atoms with Crippen molar-refractivity contribution in [1.82, 2.24) is 0 Å². The van der Waals surface area contributed by atoms with Crippen LogP contribution in [0.3, 0.4) is 0 Å². The van der Waals surface area contributed by atoms with Gasteiger partial charge in [-0.25, -0.2) is 0 Å². The normalized spacial score (nSPS) is 10.4. The third kappa shape index (κ3) is 2.78. The summed E-state index contributed by atoms with van der Waals surface area (Å²) in [7, 11) is 0. The van der Waals surface area contributed by atoms with Crippen molar-refractivity contribution < 1.29 is 9.49 Å². The number of pyridine rings is 1. The molecule has 0 atom stereocenters. The van der Waals surface area contributed by atoms with Gasteiger partial charge in [0.2, 0.25) is 5.69 Å². The lowest BCUT2D eigenvalue weighted by molar-refractivity contribution is -0.686. The average Bonchev–Trinajstić information content (AvgIpc) is 2.39. The highest BCUT2D eigenvalue weighted by Crippen LogP contribution is 2.24. The summed E-state index contributed by atoms with van der Waals surface area (Å²) in [6, 6.07) is 11.3. The van der Waals surface area contributed by atoms with E-state index < -0.39 is 0 Å². The van der Waals surface area contributed by atoms with Crippen LogP contribution in [0.1, 0.15) is 18.9 Å². The number of nitro benzene ring substituents is 1. The molecule has 0 N–H and O–H groups in total. The highest BCUT2D eigenvalue weighted by atomic mass is 16.6. The number of aromatic nitrogens is 1. The van der Waals surface area contributed by atoms with Crippen LogP contribution in [0.15, 0.2) is 42.6 Å². The summed E-state index contributed by atoms with van der Waals surface area (Å²) in [6.45, 7) is 4.84. The number of hydrogen-bond donors (Lipinski definition) is 0. The lowest BCUT2D eigenvalue weighted by atomic mass is 10.1. The number of hydrogen-bond acceptors (Lipinski definition) is 2. The lowest BCUT2D eigenvalue weighted by Crippen LogP contribution is -2.35. The molecule has 0 aliphatic heterocycles. The molecule has 19 heavy (non-hydrogen) atoms. The largest absolute Gasteiger partial charge is 0.272 e. The van der Waals surface area contributed by atoms with Gasteiger partial charge in [-0.2, -0.15) is 4.57 Å². The molecule has 98 valence electrons. The molecule has 0 saturated heterocycles. The summed E-state index contributed by atoms with van der Waals surface area (Å²) >= 11 is 0. The van der Waals surface area contributed by atoms with Crippen molar-refractivity contribution >= 4 is 5.69 Å². The molecule has 0 amide bonds. The molecule has 1 heterocycles. The number of nitro groups is 1. The fourth-order valence-corrected chi connectivity index (χ4v) is 2.19. The van der Waals surface area contributed by atoms with Crippen LogP contribution in [0, 0.1) is 17.0 Å². The molecule has 2 aromatic rings. The number of rotatable bonds is 4. The molecule has 0 radical (unpaired) electrons. The van der Waals surface area contributed by atoms with Gasteiger partial charge in [0, 0.05) is 35.7 Å². The maximum absolute atomic E-state index is 10.8. The van der Waals surface area contributed by atoms with Crippen molar-refractivity contribution in [2.24, 2.45) is 0 Å². The third-order valence-corrected chi connectivity index (χ3v) is 3.09. The van der Waals surface area contributed by atoms with Crippen LogP contribution in [0.4, 0.5) is 5.69 Å². The molecule has 1 aromatic heterocycles. The Morgan fingerprint density at radius 3 is 2.68 bits per heavy atom. The van der Waals surface area contributed by atoms with E-state index in [4.69, 9.17) is 0 Å². The summed E-state index contributed by atoms with van der Waals surface area (Å²) in [6.07, 6.45) is 3.09. The van der Waals surface area contributed by atoms with Crippen LogP contribution in [0.5, 0.6) is 0 Å². The van der Waals surface area contributed by atoms with Gasteiger partial charge in [-0.1, -0.05) is 6.92 Å². The fourth-order valence-electron chi connectivity index (χ4n) is 2.19. The van der Waals surface area contributed by atoms with E-state index in [1.54, 1.807) is 13.0 Å². The van der Waals surface area contributed by atoms with E-state index in [1.165, 1.54) is 0 Å². The van der Waals surface area contributed by atoms with Gasteiger partial charge < -0.3 is 0 Å². The van der Waals surface area contributed by atoms with E-state index in [9.17, 15) is 10.1 Å². The van der Waals surface area contributed by atoms with Crippen molar-refractivity contribution in [3.05, 3.63) is 58.3 Å². The van der Waals surface area contributed by atoms with Gasteiger partial charge in [-0.3, -0.25) is 10.1 Å². The Labute approximate surface area is 112 Å². The smallest absolute Gasteiger partial charge is 0.258 e. The van der Waals surface area contributed by atoms with E-state index in [-0.39, 0.29) is 10.6 Å². The molecule has 0 aliphatic rings. The standard InChI is InChI=1S/C15H17N2O2/c1-3-9-16-10-5-4-6-15(16)13-7-8-14(17(18)19)12(2)11-13/h4-8,10-11H,3,9H2,1-2H3/q+1. The zero-order valence-electron chi connectivity index (χ0n) is 11.2. The minimum absolute atomic E-state index is 0.168. The second kappa shape index (κ2) is 5.61. The molecule has 2 rings (SSSR count). The van der Waals surface area contributed by atoms with E-state index >= 15 is 0 Å². The first-order valence-electron chi connectivity index (χ1n) is 6.37. The van der Waals surface area contributed by atoms with Crippen molar-refractivity contribution in [1.29, 1.82) is 0 Å². The summed E-state index contributed by atoms with van der Waals surface area (Å²) in [4.78, 5) is 10.5. The van der Waals surface area contributed by atoms with Crippen molar-refractivity contribution in [2.45, 2.75) is 26.8 Å². The minimum Gasteiger partial charge on any atom is -0.258 e. The van der Waals surface area contributed by atoms with Gasteiger partial charge in [0.05, 0.1) is 4.92 Å². The molecule has 0 saturated carbocycles. The Bertz CT molecular complexity index is 609. The zero-order chi connectivity index (χ0) is 13.8. The maximum atomic E-state index is 10.8. The van der Waals surface area contributed by atoms with Gasteiger partial charge >= 0.3 is 0 Å². The summed E-state index contributed by atoms with van der Waals surface area (Å²) in [5.41, 5.74) is 2.95. The second-order valence-electron chi connectivity index (χ2n) is 4.54. The molecular formula is C15H17N2O2+. The Hall–Kier alpha value is -2.23. The molecule has 4 nitrogen and oxygen atoms in total. The first-order chi connectivity index (χ1) is 9.13. The molecule has 0 unspecified atom stereocenters. The first kappa shape index (κ1) is 13.2. The molecule has 0 fully saturated rings. The predicted molar refractivity (Wildman–Crippen MR) is 73.8 cm³/mol. The zero-order valence-corrected chi connectivity index (χ0v) is 11.2. The minimum atomic E-state index is -0.343. The van der Waals surface area contributed by atoms with Crippen molar-refractivity contribution in [3.63, 3.8) is 0 Å². The highest BCUT2D eigenvalue weighted by Gasteiger charge is 2.15. The van der Waals surface area contributed by atoms with Crippen LogP contribution in [0.2, 0.25) is 0 Å².